The zero-order valence-electron chi connectivity index (χ0n) is 37.2. The molecule has 0 unspecified atom stereocenters. The molecular weight excluding hydrogens is 757 g/mol. The molecule has 0 bridgehead atoms. The standard InChI is InChI=1S/C57H36N4O/c1-3-14-37(15-4-1)39-28-30-40(31-29-39)55-58-56(60-57(59-55)49-24-13-27-52-53(49)48-21-8-10-26-51(48)62-52)41-32-34-44(35-33-41)61-50-25-9-7-20-46(50)47-23-12-22-45(54(47)61)43-19-11-18-42(36-43)38-16-5-2-6-17-38/h1-36H/i7D,9D,20D,25D. The van der Waals surface area contributed by atoms with Crippen LogP contribution in [-0.4, -0.2) is 19.5 Å². The molecule has 0 saturated heterocycles. The fourth-order valence-electron chi connectivity index (χ4n) is 8.67. The van der Waals surface area contributed by atoms with Crippen molar-refractivity contribution in [1.29, 1.82) is 0 Å². The number of hydrogen-bond donors (Lipinski definition) is 0. The SMILES string of the molecule is [2H]c1c([2H])c([2H])c2c(c1[2H])c1cccc(-c3cccc(-c4ccccc4)c3)c1n2-c1ccc(-c2nc(-c3ccc(-c4ccccc4)cc3)nc(-c3cccc4oc5ccccc5c34)n2)cc1. The second-order valence-corrected chi connectivity index (χ2v) is 15.3. The van der Waals surface area contributed by atoms with Crippen LogP contribution in [0.2, 0.25) is 0 Å². The molecule has 5 heteroatoms. The number of benzene rings is 9. The number of rotatable bonds is 7. The normalized spacial score (nSPS) is 12.5. The van der Waals surface area contributed by atoms with E-state index in [0.717, 1.165) is 88.6 Å². The number of para-hydroxylation sites is 3. The molecule has 3 aromatic heterocycles. The third-order valence-electron chi connectivity index (χ3n) is 11.6. The predicted octanol–water partition coefficient (Wildman–Crippen LogP) is 14.9. The van der Waals surface area contributed by atoms with Crippen molar-refractivity contribution in [2.24, 2.45) is 0 Å². The van der Waals surface area contributed by atoms with Crippen LogP contribution in [0.4, 0.5) is 0 Å². The van der Waals surface area contributed by atoms with Gasteiger partial charge in [0.1, 0.15) is 11.2 Å². The lowest BCUT2D eigenvalue weighted by molar-refractivity contribution is 0.669. The van der Waals surface area contributed by atoms with E-state index in [-0.39, 0.29) is 24.2 Å². The fourth-order valence-corrected chi connectivity index (χ4v) is 8.67. The largest absolute Gasteiger partial charge is 0.456 e. The summed E-state index contributed by atoms with van der Waals surface area (Å²) in [5.41, 5.74) is 12.0. The quantitative estimate of drug-likeness (QED) is 0.161. The average molecular weight is 797 g/mol. The van der Waals surface area contributed by atoms with Gasteiger partial charge in [0.25, 0.3) is 0 Å². The molecule has 0 aliphatic carbocycles. The predicted molar refractivity (Wildman–Crippen MR) is 254 cm³/mol. The van der Waals surface area contributed by atoms with Crippen LogP contribution in [-0.2, 0) is 0 Å². The van der Waals surface area contributed by atoms with Crippen LogP contribution in [0.3, 0.4) is 0 Å². The Bertz CT molecular complexity index is 3850. The molecule has 0 aliphatic rings. The van der Waals surface area contributed by atoms with Gasteiger partial charge in [0, 0.05) is 49.5 Å². The van der Waals surface area contributed by atoms with Gasteiger partial charge in [0.15, 0.2) is 17.5 Å². The van der Waals surface area contributed by atoms with Crippen molar-refractivity contribution >= 4 is 43.7 Å². The molecule has 3 heterocycles. The Morgan fingerprint density at radius 1 is 0.387 bits per heavy atom. The Kier molecular flexibility index (Phi) is 7.47. The van der Waals surface area contributed by atoms with Gasteiger partial charge in [-0.05, 0) is 76.3 Å². The Balaban J connectivity index is 1.04. The smallest absolute Gasteiger partial charge is 0.164 e. The van der Waals surface area contributed by atoms with Crippen LogP contribution in [0, 0.1) is 0 Å². The van der Waals surface area contributed by atoms with E-state index in [2.05, 4.69) is 66.7 Å². The van der Waals surface area contributed by atoms with Gasteiger partial charge in [0.2, 0.25) is 0 Å². The van der Waals surface area contributed by atoms with E-state index in [1.807, 2.05) is 132 Å². The number of nitrogens with zero attached hydrogens (tertiary/aromatic N) is 4. The summed E-state index contributed by atoms with van der Waals surface area (Å²) in [5, 5.41) is 3.09. The molecule has 0 radical (unpaired) electrons. The average Bonchev–Trinajstić information content (AvgIpc) is 3.95. The van der Waals surface area contributed by atoms with E-state index in [9.17, 15) is 1.37 Å². The number of hydrogen-bond acceptors (Lipinski definition) is 4. The summed E-state index contributed by atoms with van der Waals surface area (Å²) in [6.45, 7) is 0. The van der Waals surface area contributed by atoms with Gasteiger partial charge >= 0.3 is 0 Å². The molecular formula is C57H36N4O. The molecule has 9 aromatic carbocycles. The van der Waals surface area contributed by atoms with Crippen molar-refractivity contribution in [3.05, 3.63) is 218 Å². The van der Waals surface area contributed by atoms with Crippen molar-refractivity contribution in [3.8, 4) is 73.2 Å². The third kappa shape index (κ3) is 6.06. The van der Waals surface area contributed by atoms with Crippen LogP contribution in [0.25, 0.3) is 117 Å². The molecule has 0 spiro atoms. The van der Waals surface area contributed by atoms with Crippen LogP contribution < -0.4 is 0 Å². The number of fused-ring (bicyclic) bond motifs is 6. The van der Waals surface area contributed by atoms with E-state index in [0.29, 0.717) is 28.4 Å². The van der Waals surface area contributed by atoms with Crippen molar-refractivity contribution in [3.63, 3.8) is 0 Å². The summed E-state index contributed by atoms with van der Waals surface area (Å²) in [6.07, 6.45) is 0. The second kappa shape index (κ2) is 14.7. The summed E-state index contributed by atoms with van der Waals surface area (Å²) in [6, 6.07) is 64.1. The highest BCUT2D eigenvalue weighted by Crippen LogP contribution is 2.40. The summed E-state index contributed by atoms with van der Waals surface area (Å²) in [5.74, 6) is 1.49. The molecule has 0 atom stereocenters. The van der Waals surface area contributed by atoms with Gasteiger partial charge < -0.3 is 8.98 Å². The second-order valence-electron chi connectivity index (χ2n) is 15.3. The lowest BCUT2D eigenvalue weighted by atomic mass is 9.97. The molecule has 5 nitrogen and oxygen atoms in total. The lowest BCUT2D eigenvalue weighted by Crippen LogP contribution is -2.01. The Labute approximate surface area is 363 Å². The highest BCUT2D eigenvalue weighted by atomic mass is 16.3. The first kappa shape index (κ1) is 31.5. The van der Waals surface area contributed by atoms with Crippen molar-refractivity contribution in [2.45, 2.75) is 0 Å². The van der Waals surface area contributed by atoms with Crippen molar-refractivity contribution in [2.75, 3.05) is 0 Å². The van der Waals surface area contributed by atoms with Crippen LogP contribution >= 0.6 is 0 Å². The van der Waals surface area contributed by atoms with Gasteiger partial charge in [-0.15, -0.1) is 0 Å². The van der Waals surface area contributed by atoms with Crippen LogP contribution in [0.15, 0.2) is 223 Å². The highest BCUT2D eigenvalue weighted by molar-refractivity contribution is 6.14. The minimum absolute atomic E-state index is 0.0796. The maximum atomic E-state index is 9.27. The molecule has 12 aromatic rings. The summed E-state index contributed by atoms with van der Waals surface area (Å²) in [7, 11) is 0. The minimum Gasteiger partial charge on any atom is -0.456 e. The maximum Gasteiger partial charge on any atom is 0.164 e. The Hall–Kier alpha value is -8.41. The van der Waals surface area contributed by atoms with E-state index in [1.54, 1.807) is 0 Å². The monoisotopic (exact) mass is 796 g/mol. The van der Waals surface area contributed by atoms with Gasteiger partial charge in [-0.3, -0.25) is 0 Å². The maximum absolute atomic E-state index is 9.27. The topological polar surface area (TPSA) is 56.7 Å². The minimum atomic E-state index is -0.289. The molecule has 12 rings (SSSR count). The first-order chi connectivity index (χ1) is 32.4. The summed E-state index contributed by atoms with van der Waals surface area (Å²) in [4.78, 5) is 15.4. The van der Waals surface area contributed by atoms with Gasteiger partial charge in [0.05, 0.1) is 16.5 Å². The van der Waals surface area contributed by atoms with Crippen LogP contribution in [0.1, 0.15) is 5.48 Å². The zero-order valence-corrected chi connectivity index (χ0v) is 33.2. The molecule has 0 amide bonds. The van der Waals surface area contributed by atoms with Crippen molar-refractivity contribution in [1.82, 2.24) is 19.5 Å². The first-order valence-electron chi connectivity index (χ1n) is 22.5. The third-order valence-corrected chi connectivity index (χ3v) is 11.6. The lowest BCUT2D eigenvalue weighted by Gasteiger charge is -2.14. The molecule has 0 fully saturated rings. The van der Waals surface area contributed by atoms with Crippen LogP contribution in [0.5, 0.6) is 0 Å². The zero-order chi connectivity index (χ0) is 44.5. The van der Waals surface area contributed by atoms with E-state index in [4.69, 9.17) is 23.5 Å². The van der Waals surface area contributed by atoms with E-state index in [1.165, 1.54) is 0 Å². The highest BCUT2D eigenvalue weighted by Gasteiger charge is 2.20. The fraction of sp³-hybridized carbons (Fsp3) is 0. The van der Waals surface area contributed by atoms with Gasteiger partial charge in [-0.2, -0.15) is 0 Å². The molecule has 0 N–H and O–H groups in total. The van der Waals surface area contributed by atoms with E-state index < -0.39 is 0 Å². The molecule has 0 saturated carbocycles. The molecule has 290 valence electrons. The van der Waals surface area contributed by atoms with Crippen molar-refractivity contribution < 1.29 is 9.90 Å². The Morgan fingerprint density at radius 2 is 0.919 bits per heavy atom. The summed E-state index contributed by atoms with van der Waals surface area (Å²) >= 11 is 0. The number of furan rings is 1. The van der Waals surface area contributed by atoms with Gasteiger partial charge in [-0.25, -0.2) is 15.0 Å². The summed E-state index contributed by atoms with van der Waals surface area (Å²) < 4.78 is 44.1. The number of aromatic nitrogens is 4. The Morgan fingerprint density at radius 3 is 1.69 bits per heavy atom. The first-order valence-corrected chi connectivity index (χ1v) is 20.5. The van der Waals surface area contributed by atoms with Gasteiger partial charge in [-0.1, -0.05) is 170 Å². The molecule has 0 aliphatic heterocycles. The van der Waals surface area contributed by atoms with E-state index >= 15 is 0 Å². The molecule has 62 heavy (non-hydrogen) atoms.